The Kier molecular flexibility index (Phi) is 33.5. The van der Waals surface area contributed by atoms with Crippen molar-refractivity contribution >= 4 is 13.7 Å². The number of phosphoric acid groups is 1. The first-order valence-corrected chi connectivity index (χ1v) is 22.5. The van der Waals surface area contributed by atoms with Gasteiger partial charge in [0.05, 0.1) is 39.9 Å². The van der Waals surface area contributed by atoms with Crippen LogP contribution in [0.15, 0.2) is 12.2 Å². The van der Waals surface area contributed by atoms with E-state index in [1.807, 2.05) is 27.2 Å². The number of hydrogen-bond donors (Lipinski definition) is 2. The third kappa shape index (κ3) is 35.6. The van der Waals surface area contributed by atoms with E-state index in [-0.39, 0.29) is 19.1 Å². The molecule has 0 spiro atoms. The van der Waals surface area contributed by atoms with Gasteiger partial charge in [0.2, 0.25) is 5.91 Å². The van der Waals surface area contributed by atoms with E-state index in [1.165, 1.54) is 128 Å². The molecular formula is C41H83N2O6P. The summed E-state index contributed by atoms with van der Waals surface area (Å²) in [6, 6.07) is -0.876. The van der Waals surface area contributed by atoms with Gasteiger partial charge in [-0.3, -0.25) is 9.36 Å². The summed E-state index contributed by atoms with van der Waals surface area (Å²) in [5.74, 6) is -0.214. The highest BCUT2D eigenvalue weighted by Gasteiger charge is 2.23. The molecule has 0 aliphatic carbocycles. The first-order valence-electron chi connectivity index (χ1n) is 21.1. The van der Waals surface area contributed by atoms with E-state index in [2.05, 4.69) is 19.2 Å². The summed E-state index contributed by atoms with van der Waals surface area (Å²) in [6.45, 7) is 4.52. The normalized spacial score (nSPS) is 14.6. The van der Waals surface area contributed by atoms with Crippen molar-refractivity contribution in [1.29, 1.82) is 0 Å². The number of rotatable bonds is 38. The number of unbranched alkanes of at least 4 members (excludes halogenated alkanes) is 25. The molecule has 0 radical (unpaired) electrons. The minimum Gasteiger partial charge on any atom is -0.756 e. The molecule has 50 heavy (non-hydrogen) atoms. The third-order valence-corrected chi connectivity index (χ3v) is 10.5. The van der Waals surface area contributed by atoms with Crippen LogP contribution in [0.1, 0.15) is 194 Å². The van der Waals surface area contributed by atoms with Crippen molar-refractivity contribution in [2.75, 3.05) is 40.9 Å². The fraction of sp³-hybridized carbons (Fsp3) is 0.927. The Morgan fingerprint density at radius 3 is 1.50 bits per heavy atom. The van der Waals surface area contributed by atoms with Crippen LogP contribution in [0.25, 0.3) is 0 Å². The SMILES string of the molecule is CCCCCCCCCCCCCCCCCCCCCCCC/C=C/C(O)C(COP(=O)([O-])OCC[N+](C)(C)C)NC(=O)CCCCCC. The first kappa shape index (κ1) is 49.2. The molecule has 0 saturated carbocycles. The summed E-state index contributed by atoms with van der Waals surface area (Å²) in [5, 5.41) is 13.6. The van der Waals surface area contributed by atoms with Gasteiger partial charge >= 0.3 is 0 Å². The Balaban J connectivity index is 4.05. The minimum atomic E-state index is -4.56. The Bertz CT molecular complexity index is 834. The van der Waals surface area contributed by atoms with E-state index in [4.69, 9.17) is 9.05 Å². The number of phosphoric ester groups is 1. The molecule has 3 atom stereocenters. The summed E-state index contributed by atoms with van der Waals surface area (Å²) in [7, 11) is 1.26. The lowest BCUT2D eigenvalue weighted by Gasteiger charge is -2.29. The van der Waals surface area contributed by atoms with Crippen molar-refractivity contribution in [1.82, 2.24) is 5.32 Å². The van der Waals surface area contributed by atoms with Gasteiger partial charge in [0.1, 0.15) is 13.2 Å². The van der Waals surface area contributed by atoms with Gasteiger partial charge in [-0.25, -0.2) is 0 Å². The molecule has 0 aromatic rings. The molecule has 0 fully saturated rings. The van der Waals surface area contributed by atoms with E-state index >= 15 is 0 Å². The van der Waals surface area contributed by atoms with Gasteiger partial charge in [-0.1, -0.05) is 180 Å². The Labute approximate surface area is 310 Å². The van der Waals surface area contributed by atoms with Crippen molar-refractivity contribution in [3.8, 4) is 0 Å². The Morgan fingerprint density at radius 2 is 1.08 bits per heavy atom. The second-order valence-electron chi connectivity index (χ2n) is 15.7. The van der Waals surface area contributed by atoms with Gasteiger partial charge in [0, 0.05) is 6.42 Å². The summed E-state index contributed by atoms with van der Waals surface area (Å²) in [5.41, 5.74) is 0. The summed E-state index contributed by atoms with van der Waals surface area (Å²) in [4.78, 5) is 24.8. The Morgan fingerprint density at radius 1 is 0.680 bits per heavy atom. The molecule has 298 valence electrons. The van der Waals surface area contributed by atoms with E-state index in [0.717, 1.165) is 44.9 Å². The largest absolute Gasteiger partial charge is 0.756 e. The molecule has 2 N–H and O–H groups in total. The predicted octanol–water partition coefficient (Wildman–Crippen LogP) is 10.6. The van der Waals surface area contributed by atoms with Crippen LogP contribution in [0.2, 0.25) is 0 Å². The highest BCUT2D eigenvalue weighted by Crippen LogP contribution is 2.38. The average molecular weight is 731 g/mol. The fourth-order valence-electron chi connectivity index (χ4n) is 6.09. The highest BCUT2D eigenvalue weighted by molar-refractivity contribution is 7.45. The minimum absolute atomic E-state index is 0.000720. The lowest BCUT2D eigenvalue weighted by atomic mass is 10.0. The molecule has 0 heterocycles. The first-order chi connectivity index (χ1) is 24.0. The zero-order chi connectivity index (χ0) is 37.2. The van der Waals surface area contributed by atoms with Crippen molar-refractivity contribution in [2.24, 2.45) is 0 Å². The lowest BCUT2D eigenvalue weighted by molar-refractivity contribution is -0.870. The third-order valence-electron chi connectivity index (χ3n) is 9.50. The van der Waals surface area contributed by atoms with Crippen LogP contribution < -0.4 is 10.2 Å². The number of nitrogens with zero attached hydrogens (tertiary/aromatic N) is 1. The van der Waals surface area contributed by atoms with Crippen LogP contribution in [0.4, 0.5) is 0 Å². The van der Waals surface area contributed by atoms with Gasteiger partial charge < -0.3 is 28.8 Å². The highest BCUT2D eigenvalue weighted by atomic mass is 31.2. The molecule has 0 aliphatic rings. The van der Waals surface area contributed by atoms with Crippen LogP contribution in [-0.4, -0.2) is 68.5 Å². The summed E-state index contributed by atoms with van der Waals surface area (Å²) >= 11 is 0. The van der Waals surface area contributed by atoms with E-state index in [9.17, 15) is 19.4 Å². The molecule has 0 saturated heterocycles. The zero-order valence-electron chi connectivity index (χ0n) is 33.6. The van der Waals surface area contributed by atoms with Gasteiger partial charge in [0.25, 0.3) is 7.82 Å². The van der Waals surface area contributed by atoms with Crippen LogP contribution >= 0.6 is 7.82 Å². The maximum absolute atomic E-state index is 12.5. The number of quaternary nitrogens is 1. The van der Waals surface area contributed by atoms with Crippen molar-refractivity contribution in [3.63, 3.8) is 0 Å². The average Bonchev–Trinajstić information content (AvgIpc) is 3.06. The number of amides is 1. The van der Waals surface area contributed by atoms with E-state index in [0.29, 0.717) is 17.4 Å². The Hall–Kier alpha value is -0.760. The fourth-order valence-corrected chi connectivity index (χ4v) is 6.82. The lowest BCUT2D eigenvalue weighted by Crippen LogP contribution is -2.45. The molecule has 0 aromatic carbocycles. The second-order valence-corrected chi connectivity index (χ2v) is 17.1. The summed E-state index contributed by atoms with van der Waals surface area (Å²) < 4.78 is 23.0. The zero-order valence-corrected chi connectivity index (χ0v) is 34.5. The number of hydrogen-bond acceptors (Lipinski definition) is 6. The van der Waals surface area contributed by atoms with Crippen molar-refractivity contribution in [3.05, 3.63) is 12.2 Å². The number of allylic oxidation sites excluding steroid dienone is 1. The number of aliphatic hydroxyl groups is 1. The molecule has 1 amide bonds. The van der Waals surface area contributed by atoms with Gasteiger partial charge in [-0.05, 0) is 19.3 Å². The van der Waals surface area contributed by atoms with Crippen molar-refractivity contribution < 1.29 is 32.9 Å². The quantitative estimate of drug-likeness (QED) is 0.0283. The number of carbonyl (C=O) groups excluding carboxylic acids is 1. The number of likely N-dealkylation sites (N-methyl/N-ethyl adjacent to an activating group) is 1. The molecule has 0 aliphatic heterocycles. The molecule has 0 aromatic heterocycles. The number of carbonyl (C=O) groups is 1. The van der Waals surface area contributed by atoms with Crippen LogP contribution in [0.3, 0.4) is 0 Å². The van der Waals surface area contributed by atoms with Gasteiger partial charge in [0.15, 0.2) is 0 Å². The second kappa shape index (κ2) is 34.0. The maximum Gasteiger partial charge on any atom is 0.268 e. The topological polar surface area (TPSA) is 108 Å². The molecule has 0 rings (SSSR count). The molecule has 8 nitrogen and oxygen atoms in total. The van der Waals surface area contributed by atoms with Crippen LogP contribution in [0, 0.1) is 0 Å². The molecular weight excluding hydrogens is 647 g/mol. The maximum atomic E-state index is 12.5. The molecule has 9 heteroatoms. The summed E-state index contributed by atoms with van der Waals surface area (Å²) in [6.07, 6.45) is 37.6. The molecule has 3 unspecified atom stereocenters. The van der Waals surface area contributed by atoms with Gasteiger partial charge in [-0.2, -0.15) is 0 Å². The van der Waals surface area contributed by atoms with Crippen molar-refractivity contribution in [2.45, 2.75) is 206 Å². The van der Waals surface area contributed by atoms with Gasteiger partial charge in [-0.15, -0.1) is 0 Å². The standard InChI is InChI=1S/C41H83N2O6P/c1-6-8-10-12-13-14-15-16-17-18-19-20-21-22-23-24-25-26-27-28-29-30-31-32-34-40(44)39(42-41(45)35-33-11-9-7-2)38-49-50(46,47)48-37-36-43(3,4)5/h32,34,39-40,44H,6-31,33,35-38H2,1-5H3,(H-,42,45,46,47)/b34-32+. The van der Waals surface area contributed by atoms with Crippen LogP contribution in [0.5, 0.6) is 0 Å². The number of nitrogens with one attached hydrogen (secondary N) is 1. The smallest absolute Gasteiger partial charge is 0.268 e. The monoisotopic (exact) mass is 731 g/mol. The van der Waals surface area contributed by atoms with Crippen LogP contribution in [-0.2, 0) is 18.4 Å². The predicted molar refractivity (Wildman–Crippen MR) is 210 cm³/mol. The van der Waals surface area contributed by atoms with E-state index in [1.54, 1.807) is 6.08 Å². The molecule has 0 bridgehead atoms. The van der Waals surface area contributed by atoms with E-state index < -0.39 is 20.0 Å². The number of aliphatic hydroxyl groups excluding tert-OH is 1.